The van der Waals surface area contributed by atoms with Crippen LogP contribution in [-0.4, -0.2) is 40.4 Å². The molecule has 0 atom stereocenters. The van der Waals surface area contributed by atoms with Crippen molar-refractivity contribution in [3.63, 3.8) is 0 Å². The fraction of sp³-hybridized carbons (Fsp3) is 0.846. The summed E-state index contributed by atoms with van der Waals surface area (Å²) < 4.78 is 0. The van der Waals surface area contributed by atoms with Gasteiger partial charge in [-0.3, -0.25) is 14.5 Å². The van der Waals surface area contributed by atoms with E-state index in [0.29, 0.717) is 13.1 Å². The highest BCUT2D eigenvalue weighted by atomic mass is 16.4. The van der Waals surface area contributed by atoms with Crippen LogP contribution in [0.2, 0.25) is 0 Å². The van der Waals surface area contributed by atoms with E-state index in [2.05, 4.69) is 0 Å². The Bertz CT molecular complexity index is 284. The van der Waals surface area contributed by atoms with E-state index >= 15 is 0 Å². The Morgan fingerprint density at radius 2 is 1.53 bits per heavy atom. The highest BCUT2D eigenvalue weighted by molar-refractivity contribution is 5.85. The van der Waals surface area contributed by atoms with Crippen LogP contribution in [0.1, 0.15) is 48.0 Å². The average Bonchev–Trinajstić information content (AvgIpc) is 2.07. The van der Waals surface area contributed by atoms with Crippen LogP contribution in [0, 0.1) is 5.41 Å². The summed E-state index contributed by atoms with van der Waals surface area (Å²) in [6.07, 6.45) is 0.0642. The Balaban J connectivity index is 4.62. The molecule has 0 rings (SSSR count). The number of carboxylic acids is 1. The molecule has 4 nitrogen and oxygen atoms in total. The molecule has 0 saturated heterocycles. The Morgan fingerprint density at radius 1 is 1.06 bits per heavy atom. The summed E-state index contributed by atoms with van der Waals surface area (Å²) >= 11 is 0. The predicted octanol–water partition coefficient (Wildman–Crippen LogP) is 2.18. The molecule has 0 aliphatic carbocycles. The van der Waals surface area contributed by atoms with Gasteiger partial charge in [0.15, 0.2) is 5.78 Å². The number of hydrogen-bond acceptors (Lipinski definition) is 3. The molecule has 0 saturated carbocycles. The molecule has 0 aromatic carbocycles. The first-order chi connectivity index (χ1) is 7.44. The first-order valence-electron chi connectivity index (χ1n) is 5.95. The van der Waals surface area contributed by atoms with Crippen molar-refractivity contribution in [1.29, 1.82) is 0 Å². The molecule has 100 valence electrons. The molecule has 0 heterocycles. The second kappa shape index (κ2) is 5.63. The van der Waals surface area contributed by atoms with E-state index in [1.54, 1.807) is 0 Å². The zero-order valence-corrected chi connectivity index (χ0v) is 11.8. The minimum absolute atomic E-state index is 0.0642. The number of aliphatic carboxylic acids is 1. The quantitative estimate of drug-likeness (QED) is 0.804. The lowest BCUT2D eigenvalue weighted by Gasteiger charge is -2.36. The fourth-order valence-electron chi connectivity index (χ4n) is 1.29. The van der Waals surface area contributed by atoms with Gasteiger partial charge in [0.05, 0.1) is 13.0 Å². The number of Topliss-reactive ketones (excluding diaryl/α,β-unsaturated/α-hetero) is 1. The molecule has 1 N–H and O–H groups in total. The van der Waals surface area contributed by atoms with Crippen LogP contribution in [0.5, 0.6) is 0 Å². The maximum absolute atomic E-state index is 12.0. The van der Waals surface area contributed by atoms with Crippen molar-refractivity contribution in [1.82, 2.24) is 4.90 Å². The number of nitrogens with zero attached hydrogens (tertiary/aromatic N) is 1. The summed E-state index contributed by atoms with van der Waals surface area (Å²) in [6, 6.07) is 0. The number of carboxylic acid groups (broad SMARTS) is 1. The Morgan fingerprint density at radius 3 is 1.82 bits per heavy atom. The Kier molecular flexibility index (Phi) is 5.33. The molecule has 4 heteroatoms. The lowest BCUT2D eigenvalue weighted by Crippen LogP contribution is -2.47. The predicted molar refractivity (Wildman–Crippen MR) is 68.0 cm³/mol. The van der Waals surface area contributed by atoms with E-state index < -0.39 is 5.97 Å². The molecule has 0 aliphatic heterocycles. The van der Waals surface area contributed by atoms with Crippen molar-refractivity contribution < 1.29 is 14.7 Å². The van der Waals surface area contributed by atoms with Gasteiger partial charge in [0.1, 0.15) is 0 Å². The zero-order valence-electron chi connectivity index (χ0n) is 11.8. The third-order valence-electron chi connectivity index (χ3n) is 2.72. The molecule has 0 aromatic heterocycles. The zero-order chi connectivity index (χ0) is 13.9. The number of ketones is 1. The number of rotatable bonds is 5. The van der Waals surface area contributed by atoms with Crippen LogP contribution >= 0.6 is 0 Å². The van der Waals surface area contributed by atoms with Gasteiger partial charge >= 0.3 is 5.97 Å². The van der Waals surface area contributed by atoms with Crippen molar-refractivity contribution in [2.45, 2.75) is 53.5 Å². The van der Waals surface area contributed by atoms with E-state index in [-0.39, 0.29) is 23.2 Å². The molecule has 0 spiro atoms. The molecule has 0 aliphatic rings. The van der Waals surface area contributed by atoms with Gasteiger partial charge in [-0.2, -0.15) is 0 Å². The smallest absolute Gasteiger partial charge is 0.304 e. The van der Waals surface area contributed by atoms with Crippen molar-refractivity contribution in [3.8, 4) is 0 Å². The van der Waals surface area contributed by atoms with E-state index in [9.17, 15) is 9.59 Å². The molecule has 0 radical (unpaired) electrons. The first-order valence-corrected chi connectivity index (χ1v) is 5.95. The van der Waals surface area contributed by atoms with Gasteiger partial charge in [-0.1, -0.05) is 20.8 Å². The largest absolute Gasteiger partial charge is 0.481 e. The van der Waals surface area contributed by atoms with Crippen LogP contribution in [0.25, 0.3) is 0 Å². The van der Waals surface area contributed by atoms with Crippen LogP contribution in [0.15, 0.2) is 0 Å². The summed E-state index contributed by atoms with van der Waals surface area (Å²) in [5.41, 5.74) is -0.580. The maximum Gasteiger partial charge on any atom is 0.304 e. The van der Waals surface area contributed by atoms with E-state index in [1.807, 2.05) is 46.4 Å². The normalized spacial score (nSPS) is 12.9. The van der Waals surface area contributed by atoms with Gasteiger partial charge in [-0.15, -0.1) is 0 Å². The standard InChI is InChI=1S/C13H25NO3/c1-12(2,3)10(15)9-14(13(4,5)6)8-7-11(16)17/h7-9H2,1-6H3,(H,16,17). The van der Waals surface area contributed by atoms with Gasteiger partial charge in [0.25, 0.3) is 0 Å². The Hall–Kier alpha value is -0.900. The van der Waals surface area contributed by atoms with Gasteiger partial charge in [-0.25, -0.2) is 0 Å². The van der Waals surface area contributed by atoms with Gasteiger partial charge < -0.3 is 5.11 Å². The number of carbonyl (C=O) groups is 2. The minimum atomic E-state index is -0.831. The average molecular weight is 243 g/mol. The molecule has 0 fully saturated rings. The molecule has 17 heavy (non-hydrogen) atoms. The summed E-state index contributed by atoms with van der Waals surface area (Å²) in [5, 5.41) is 8.71. The Labute approximate surface area is 104 Å². The third-order valence-corrected chi connectivity index (χ3v) is 2.72. The van der Waals surface area contributed by atoms with E-state index in [1.165, 1.54) is 0 Å². The van der Waals surface area contributed by atoms with Crippen molar-refractivity contribution in [2.75, 3.05) is 13.1 Å². The highest BCUT2D eigenvalue weighted by Gasteiger charge is 2.28. The summed E-state index contributed by atoms with van der Waals surface area (Å²) in [6.45, 7) is 12.3. The fourth-order valence-corrected chi connectivity index (χ4v) is 1.29. The first kappa shape index (κ1) is 16.1. The van der Waals surface area contributed by atoms with Crippen molar-refractivity contribution >= 4 is 11.8 Å². The third kappa shape index (κ3) is 6.41. The molecule has 0 aromatic rings. The molecule has 0 bridgehead atoms. The van der Waals surface area contributed by atoms with Crippen LogP contribution in [0.4, 0.5) is 0 Å². The maximum atomic E-state index is 12.0. The second-order valence-corrected chi connectivity index (χ2v) is 6.41. The van der Waals surface area contributed by atoms with E-state index in [4.69, 9.17) is 5.11 Å². The molecule has 0 amide bonds. The summed E-state index contributed by atoms with van der Waals surface area (Å²) in [5.74, 6) is -0.694. The van der Waals surface area contributed by atoms with Gasteiger partial charge in [0.2, 0.25) is 0 Å². The monoisotopic (exact) mass is 243 g/mol. The molecular formula is C13H25NO3. The van der Waals surface area contributed by atoms with Crippen LogP contribution in [-0.2, 0) is 9.59 Å². The minimum Gasteiger partial charge on any atom is -0.481 e. The van der Waals surface area contributed by atoms with Crippen LogP contribution < -0.4 is 0 Å². The van der Waals surface area contributed by atoms with Crippen LogP contribution in [0.3, 0.4) is 0 Å². The lowest BCUT2D eigenvalue weighted by atomic mass is 9.89. The molecule has 0 unspecified atom stereocenters. The van der Waals surface area contributed by atoms with E-state index in [0.717, 1.165) is 0 Å². The molecular weight excluding hydrogens is 218 g/mol. The highest BCUT2D eigenvalue weighted by Crippen LogP contribution is 2.19. The number of carbonyl (C=O) groups excluding carboxylic acids is 1. The van der Waals surface area contributed by atoms with Gasteiger partial charge in [0, 0.05) is 17.5 Å². The SMILES string of the molecule is CC(C)(C)C(=O)CN(CCC(=O)O)C(C)(C)C. The number of hydrogen-bond donors (Lipinski definition) is 1. The summed E-state index contributed by atoms with van der Waals surface area (Å²) in [4.78, 5) is 24.5. The topological polar surface area (TPSA) is 57.6 Å². The summed E-state index contributed by atoms with van der Waals surface area (Å²) in [7, 11) is 0. The second-order valence-electron chi connectivity index (χ2n) is 6.41. The van der Waals surface area contributed by atoms with Crippen molar-refractivity contribution in [2.24, 2.45) is 5.41 Å². The lowest BCUT2D eigenvalue weighted by molar-refractivity contribution is -0.138. The van der Waals surface area contributed by atoms with Gasteiger partial charge in [-0.05, 0) is 20.8 Å². The van der Waals surface area contributed by atoms with Crippen molar-refractivity contribution in [3.05, 3.63) is 0 Å².